The molecule has 1 saturated heterocycles. The molecule has 1 unspecified atom stereocenters. The summed E-state index contributed by atoms with van der Waals surface area (Å²) >= 11 is 1.74. The van der Waals surface area contributed by atoms with Crippen molar-refractivity contribution in [2.75, 3.05) is 0 Å². The van der Waals surface area contributed by atoms with Crippen molar-refractivity contribution < 1.29 is 20.1 Å². The van der Waals surface area contributed by atoms with E-state index in [0.29, 0.717) is 5.56 Å². The molecule has 0 aliphatic carbocycles. The lowest BCUT2D eigenvalue weighted by Gasteiger charge is -2.21. The highest BCUT2D eigenvalue weighted by Gasteiger charge is 2.47. The van der Waals surface area contributed by atoms with E-state index in [1.54, 1.807) is 40.8 Å². The average molecular weight is 460 g/mol. The minimum atomic E-state index is -1.44. The van der Waals surface area contributed by atoms with Crippen molar-refractivity contribution in [1.82, 2.24) is 9.55 Å². The molecule has 1 aromatic heterocycles. The SMILES string of the molecule is Cc1cccc(C(O)[C@H]2O[C@@H](n3cc(I)c(=O)[nH]c3=O)[C@H](O)[C@@H]2O)c1. The van der Waals surface area contributed by atoms with Crippen LogP contribution in [0.25, 0.3) is 0 Å². The van der Waals surface area contributed by atoms with Gasteiger partial charge in [-0.05, 0) is 35.1 Å². The fourth-order valence-corrected chi connectivity index (χ4v) is 3.30. The van der Waals surface area contributed by atoms with Crippen LogP contribution in [0.3, 0.4) is 0 Å². The van der Waals surface area contributed by atoms with Crippen LogP contribution in [-0.4, -0.2) is 43.2 Å². The highest BCUT2D eigenvalue weighted by Crippen LogP contribution is 2.35. The van der Waals surface area contributed by atoms with Gasteiger partial charge in [0, 0.05) is 6.20 Å². The standard InChI is InChI=1S/C16H17IN2O6/c1-7-3-2-4-8(5-7)10(20)13-11(21)12(22)15(25-13)19-6-9(17)14(23)18-16(19)24/h2-6,10-13,15,20-22H,1H3,(H,18,23,24)/t10?,11-,12+,13+,15+/m0/s1. The summed E-state index contributed by atoms with van der Waals surface area (Å²) in [6, 6.07) is 7.05. The third kappa shape index (κ3) is 3.42. The number of hydrogen-bond acceptors (Lipinski definition) is 6. The Bertz CT molecular complexity index is 895. The number of aromatic nitrogens is 2. The Hall–Kier alpha value is -1.53. The van der Waals surface area contributed by atoms with Gasteiger partial charge in [0.2, 0.25) is 0 Å². The van der Waals surface area contributed by atoms with Crippen LogP contribution >= 0.6 is 22.6 Å². The molecular weight excluding hydrogens is 443 g/mol. The minimum absolute atomic E-state index is 0.227. The zero-order valence-corrected chi connectivity index (χ0v) is 15.3. The number of aliphatic hydroxyl groups excluding tert-OH is 3. The molecule has 9 heteroatoms. The summed E-state index contributed by atoms with van der Waals surface area (Å²) in [6.45, 7) is 1.86. The van der Waals surface area contributed by atoms with E-state index in [-0.39, 0.29) is 3.57 Å². The first kappa shape index (κ1) is 18.3. The van der Waals surface area contributed by atoms with E-state index in [2.05, 4.69) is 4.98 Å². The van der Waals surface area contributed by atoms with Crippen LogP contribution in [0, 0.1) is 10.5 Å². The molecule has 1 aliphatic heterocycles. The van der Waals surface area contributed by atoms with Gasteiger partial charge in [0.25, 0.3) is 5.56 Å². The predicted molar refractivity (Wildman–Crippen MR) is 96.1 cm³/mol. The molecule has 3 rings (SSSR count). The second-order valence-electron chi connectivity index (χ2n) is 5.98. The number of halogens is 1. The maximum atomic E-state index is 12.0. The zero-order chi connectivity index (χ0) is 18.3. The molecule has 0 saturated carbocycles. The average Bonchev–Trinajstić information content (AvgIpc) is 2.86. The zero-order valence-electron chi connectivity index (χ0n) is 13.2. The lowest BCUT2D eigenvalue weighted by atomic mass is 9.98. The van der Waals surface area contributed by atoms with Crippen LogP contribution in [0.1, 0.15) is 23.5 Å². The summed E-state index contributed by atoms with van der Waals surface area (Å²) in [6.07, 6.45) is -5.15. The summed E-state index contributed by atoms with van der Waals surface area (Å²) in [5.41, 5.74) is 0.131. The Kier molecular flexibility index (Phi) is 5.11. The number of aryl methyl sites for hydroxylation is 1. The quantitative estimate of drug-likeness (QED) is 0.471. The highest BCUT2D eigenvalue weighted by atomic mass is 127. The van der Waals surface area contributed by atoms with Gasteiger partial charge in [-0.25, -0.2) is 4.79 Å². The van der Waals surface area contributed by atoms with Gasteiger partial charge in [-0.15, -0.1) is 0 Å². The van der Waals surface area contributed by atoms with Crippen LogP contribution in [0.15, 0.2) is 40.1 Å². The molecule has 4 N–H and O–H groups in total. The molecular formula is C16H17IN2O6. The van der Waals surface area contributed by atoms with Gasteiger partial charge in [0.15, 0.2) is 6.23 Å². The van der Waals surface area contributed by atoms with Crippen molar-refractivity contribution in [2.45, 2.75) is 37.6 Å². The van der Waals surface area contributed by atoms with Gasteiger partial charge in [-0.3, -0.25) is 14.3 Å². The third-order valence-corrected chi connectivity index (χ3v) is 4.94. The summed E-state index contributed by atoms with van der Waals surface area (Å²) in [7, 11) is 0. The van der Waals surface area contributed by atoms with Crippen molar-refractivity contribution >= 4 is 22.6 Å². The Morgan fingerprint density at radius 3 is 2.68 bits per heavy atom. The van der Waals surface area contributed by atoms with E-state index in [1.807, 2.05) is 13.0 Å². The van der Waals surface area contributed by atoms with Crippen molar-refractivity contribution in [3.63, 3.8) is 0 Å². The monoisotopic (exact) mass is 460 g/mol. The number of hydrogen-bond donors (Lipinski definition) is 4. The van der Waals surface area contributed by atoms with E-state index < -0.39 is 41.9 Å². The summed E-state index contributed by atoms with van der Waals surface area (Å²) < 4.78 is 6.82. The molecule has 2 heterocycles. The van der Waals surface area contributed by atoms with E-state index in [0.717, 1.165) is 10.1 Å². The topological polar surface area (TPSA) is 125 Å². The molecule has 5 atom stereocenters. The van der Waals surface area contributed by atoms with Crippen molar-refractivity contribution in [1.29, 1.82) is 0 Å². The van der Waals surface area contributed by atoms with E-state index in [4.69, 9.17) is 4.74 Å². The van der Waals surface area contributed by atoms with Crippen LogP contribution in [0.2, 0.25) is 0 Å². The van der Waals surface area contributed by atoms with Crippen LogP contribution in [0.5, 0.6) is 0 Å². The second kappa shape index (κ2) is 7.00. The highest BCUT2D eigenvalue weighted by molar-refractivity contribution is 14.1. The summed E-state index contributed by atoms with van der Waals surface area (Å²) in [5.74, 6) is 0. The predicted octanol–water partition coefficient (Wildman–Crippen LogP) is -0.198. The molecule has 1 aliphatic rings. The first-order valence-electron chi connectivity index (χ1n) is 7.57. The molecule has 2 aromatic rings. The summed E-state index contributed by atoms with van der Waals surface area (Å²) in [4.78, 5) is 25.6. The molecule has 1 aromatic carbocycles. The molecule has 1 fully saturated rings. The number of aliphatic hydroxyl groups is 3. The number of aromatic amines is 1. The van der Waals surface area contributed by atoms with Gasteiger partial charge in [-0.1, -0.05) is 29.8 Å². The fourth-order valence-electron chi connectivity index (χ4n) is 2.87. The Morgan fingerprint density at radius 2 is 2.00 bits per heavy atom. The van der Waals surface area contributed by atoms with Crippen LogP contribution in [0.4, 0.5) is 0 Å². The lowest BCUT2D eigenvalue weighted by Crippen LogP contribution is -2.38. The fraction of sp³-hybridized carbons (Fsp3) is 0.375. The lowest BCUT2D eigenvalue weighted by molar-refractivity contribution is -0.0874. The van der Waals surface area contributed by atoms with Crippen molar-refractivity contribution in [2.24, 2.45) is 0 Å². The van der Waals surface area contributed by atoms with Crippen molar-refractivity contribution in [3.05, 3.63) is 66.0 Å². The number of benzene rings is 1. The Labute approximate surface area is 155 Å². The van der Waals surface area contributed by atoms with Crippen molar-refractivity contribution in [3.8, 4) is 0 Å². The molecule has 0 radical (unpaired) electrons. The van der Waals surface area contributed by atoms with E-state index in [9.17, 15) is 24.9 Å². The van der Waals surface area contributed by atoms with Gasteiger partial charge < -0.3 is 20.1 Å². The Morgan fingerprint density at radius 1 is 1.28 bits per heavy atom. The third-order valence-electron chi connectivity index (χ3n) is 4.17. The number of nitrogens with one attached hydrogen (secondary N) is 1. The molecule has 0 amide bonds. The minimum Gasteiger partial charge on any atom is -0.387 e. The molecule has 25 heavy (non-hydrogen) atoms. The number of nitrogens with zero attached hydrogens (tertiary/aromatic N) is 1. The smallest absolute Gasteiger partial charge is 0.330 e. The van der Waals surface area contributed by atoms with Gasteiger partial charge >= 0.3 is 5.69 Å². The molecule has 8 nitrogen and oxygen atoms in total. The summed E-state index contributed by atoms with van der Waals surface area (Å²) in [5, 5.41) is 31.1. The number of ether oxygens (including phenoxy) is 1. The van der Waals surface area contributed by atoms with E-state index >= 15 is 0 Å². The largest absolute Gasteiger partial charge is 0.387 e. The first-order valence-corrected chi connectivity index (χ1v) is 8.64. The van der Waals surface area contributed by atoms with Gasteiger partial charge in [0.05, 0.1) is 3.57 Å². The van der Waals surface area contributed by atoms with Crippen LogP contribution in [-0.2, 0) is 4.74 Å². The first-order chi connectivity index (χ1) is 11.8. The molecule has 0 bridgehead atoms. The maximum Gasteiger partial charge on any atom is 0.330 e. The van der Waals surface area contributed by atoms with Gasteiger partial charge in [0.1, 0.15) is 24.4 Å². The maximum absolute atomic E-state index is 12.0. The normalized spacial score (nSPS) is 27.4. The number of rotatable bonds is 3. The van der Waals surface area contributed by atoms with Crippen LogP contribution < -0.4 is 11.2 Å². The van der Waals surface area contributed by atoms with E-state index in [1.165, 1.54) is 6.20 Å². The second-order valence-corrected chi connectivity index (χ2v) is 7.14. The molecule has 0 spiro atoms. The Balaban J connectivity index is 1.92. The molecule has 134 valence electrons. The number of H-pyrrole nitrogens is 1. The van der Waals surface area contributed by atoms with Gasteiger partial charge in [-0.2, -0.15) is 0 Å².